The van der Waals surface area contributed by atoms with Crippen LogP contribution in [0.1, 0.15) is 12.8 Å². The molecule has 3 heteroatoms. The van der Waals surface area contributed by atoms with Crippen molar-refractivity contribution in [2.45, 2.75) is 38.5 Å². The van der Waals surface area contributed by atoms with Crippen molar-refractivity contribution in [3.63, 3.8) is 0 Å². The molecule has 0 amide bonds. The van der Waals surface area contributed by atoms with Crippen molar-refractivity contribution in [1.82, 2.24) is 0 Å². The van der Waals surface area contributed by atoms with Crippen LogP contribution in [0.25, 0.3) is 0 Å². The summed E-state index contributed by atoms with van der Waals surface area (Å²) in [5.41, 5.74) is -0.0390. The van der Waals surface area contributed by atoms with Crippen LogP contribution in [0.5, 0.6) is 0 Å². The van der Waals surface area contributed by atoms with Gasteiger partial charge >= 0.3 is 0 Å². The van der Waals surface area contributed by atoms with E-state index < -0.39 is 8.07 Å². The topological polar surface area (TPSA) is 26.3 Å². The van der Waals surface area contributed by atoms with E-state index in [2.05, 4.69) is 19.6 Å². The van der Waals surface area contributed by atoms with Crippen molar-refractivity contribution < 1.29 is 9.53 Å². The standard InChI is InChI=1S/C10H20O2Si/c1-13(2,3)9-10(8-11)4-6-12-7-5-10/h8H,4-7,9H2,1-3H3. The van der Waals surface area contributed by atoms with Crippen molar-refractivity contribution in [2.24, 2.45) is 5.41 Å². The van der Waals surface area contributed by atoms with Crippen molar-refractivity contribution in [3.05, 3.63) is 0 Å². The molecule has 76 valence electrons. The molecule has 1 rings (SSSR count). The van der Waals surface area contributed by atoms with Crippen LogP contribution in [0.3, 0.4) is 0 Å². The Kier molecular flexibility index (Phi) is 3.30. The van der Waals surface area contributed by atoms with Gasteiger partial charge in [0.1, 0.15) is 6.29 Å². The molecule has 0 aromatic heterocycles. The maximum Gasteiger partial charge on any atom is 0.126 e. The lowest BCUT2D eigenvalue weighted by Gasteiger charge is -2.36. The molecule has 2 nitrogen and oxygen atoms in total. The molecule has 13 heavy (non-hydrogen) atoms. The summed E-state index contributed by atoms with van der Waals surface area (Å²) in [5.74, 6) is 0. The Morgan fingerprint density at radius 1 is 1.31 bits per heavy atom. The van der Waals surface area contributed by atoms with E-state index in [1.54, 1.807) is 0 Å². The van der Waals surface area contributed by atoms with Crippen molar-refractivity contribution in [1.29, 1.82) is 0 Å². The monoisotopic (exact) mass is 200 g/mol. The molecule has 0 atom stereocenters. The molecule has 1 aliphatic rings. The first-order valence-corrected chi connectivity index (χ1v) is 8.72. The number of aldehydes is 1. The Morgan fingerprint density at radius 3 is 2.23 bits per heavy atom. The second-order valence-corrected chi connectivity index (χ2v) is 10.8. The van der Waals surface area contributed by atoms with Crippen LogP contribution in [0, 0.1) is 5.41 Å². The van der Waals surface area contributed by atoms with Crippen LogP contribution in [0.2, 0.25) is 25.7 Å². The van der Waals surface area contributed by atoms with Crippen molar-refractivity contribution >= 4 is 14.4 Å². The van der Waals surface area contributed by atoms with Gasteiger partial charge in [-0.25, -0.2) is 0 Å². The first kappa shape index (κ1) is 10.9. The average molecular weight is 200 g/mol. The van der Waals surface area contributed by atoms with E-state index in [1.807, 2.05) is 0 Å². The molecule has 1 heterocycles. The van der Waals surface area contributed by atoms with E-state index >= 15 is 0 Å². The zero-order valence-corrected chi connectivity index (χ0v) is 9.93. The number of carbonyl (C=O) groups excluding carboxylic acids is 1. The summed E-state index contributed by atoms with van der Waals surface area (Å²) in [7, 11) is -1.12. The lowest BCUT2D eigenvalue weighted by molar-refractivity contribution is -0.120. The fourth-order valence-electron chi connectivity index (χ4n) is 2.17. The molecule has 1 aliphatic heterocycles. The van der Waals surface area contributed by atoms with Gasteiger partial charge in [-0.3, -0.25) is 0 Å². The number of hydrogen-bond donors (Lipinski definition) is 0. The van der Waals surface area contributed by atoms with Crippen LogP contribution >= 0.6 is 0 Å². The highest BCUT2D eigenvalue weighted by Gasteiger charge is 2.36. The Hall–Kier alpha value is -0.153. The fraction of sp³-hybridized carbons (Fsp3) is 0.900. The first-order valence-electron chi connectivity index (χ1n) is 5.02. The van der Waals surface area contributed by atoms with E-state index in [0.717, 1.165) is 32.1 Å². The quantitative estimate of drug-likeness (QED) is 0.516. The molecule has 0 aliphatic carbocycles. The van der Waals surface area contributed by atoms with Gasteiger partial charge in [0.15, 0.2) is 0 Å². The fourth-order valence-corrected chi connectivity index (χ4v) is 4.72. The highest BCUT2D eigenvalue weighted by atomic mass is 28.3. The smallest absolute Gasteiger partial charge is 0.126 e. The first-order chi connectivity index (χ1) is 5.97. The summed E-state index contributed by atoms with van der Waals surface area (Å²) >= 11 is 0. The minimum atomic E-state index is -1.12. The number of hydrogen-bond acceptors (Lipinski definition) is 2. The molecule has 0 N–H and O–H groups in total. The lowest BCUT2D eigenvalue weighted by Crippen LogP contribution is -2.38. The van der Waals surface area contributed by atoms with E-state index in [-0.39, 0.29) is 5.41 Å². The molecule has 0 aromatic carbocycles. The van der Waals surface area contributed by atoms with Gasteiger partial charge in [-0.2, -0.15) is 0 Å². The minimum absolute atomic E-state index is 0.0390. The minimum Gasteiger partial charge on any atom is -0.381 e. The zero-order chi connectivity index (χ0) is 9.95. The summed E-state index contributed by atoms with van der Waals surface area (Å²) in [5, 5.41) is 0. The molecule has 1 saturated heterocycles. The van der Waals surface area contributed by atoms with Gasteiger partial charge in [0.25, 0.3) is 0 Å². The van der Waals surface area contributed by atoms with Gasteiger partial charge < -0.3 is 9.53 Å². The van der Waals surface area contributed by atoms with Gasteiger partial charge in [0.2, 0.25) is 0 Å². The third-order valence-corrected chi connectivity index (χ3v) is 4.39. The number of ether oxygens (including phenoxy) is 1. The van der Waals surface area contributed by atoms with Gasteiger partial charge in [-0.05, 0) is 18.9 Å². The molecular weight excluding hydrogens is 180 g/mol. The van der Waals surface area contributed by atoms with E-state index in [1.165, 1.54) is 6.29 Å². The SMILES string of the molecule is C[Si](C)(C)CC1(C=O)CCOCC1. The highest BCUT2D eigenvalue weighted by molar-refractivity contribution is 6.76. The molecule has 1 fully saturated rings. The molecular formula is C10H20O2Si. The van der Waals surface area contributed by atoms with Gasteiger partial charge in [-0.15, -0.1) is 0 Å². The second kappa shape index (κ2) is 3.92. The molecule has 0 spiro atoms. The predicted molar refractivity (Wildman–Crippen MR) is 56.7 cm³/mol. The third-order valence-electron chi connectivity index (χ3n) is 2.62. The Balaban J connectivity index is 2.63. The van der Waals surface area contributed by atoms with E-state index in [4.69, 9.17) is 4.74 Å². The molecule has 0 aromatic rings. The van der Waals surface area contributed by atoms with Gasteiger partial charge in [0.05, 0.1) is 0 Å². The zero-order valence-electron chi connectivity index (χ0n) is 8.93. The molecule has 0 saturated carbocycles. The Morgan fingerprint density at radius 2 is 1.85 bits per heavy atom. The largest absolute Gasteiger partial charge is 0.381 e. The molecule has 0 unspecified atom stereocenters. The van der Waals surface area contributed by atoms with Crippen LogP contribution < -0.4 is 0 Å². The summed E-state index contributed by atoms with van der Waals surface area (Å²) in [6.07, 6.45) is 3.05. The maximum atomic E-state index is 11.1. The van der Waals surface area contributed by atoms with Crippen molar-refractivity contribution in [3.8, 4) is 0 Å². The number of carbonyl (C=O) groups is 1. The highest BCUT2D eigenvalue weighted by Crippen LogP contribution is 2.36. The summed E-state index contributed by atoms with van der Waals surface area (Å²) < 4.78 is 5.30. The maximum absolute atomic E-state index is 11.1. The van der Waals surface area contributed by atoms with Crippen LogP contribution in [0.15, 0.2) is 0 Å². The van der Waals surface area contributed by atoms with Crippen LogP contribution in [0.4, 0.5) is 0 Å². The second-order valence-electron chi connectivity index (χ2n) is 5.33. The third kappa shape index (κ3) is 3.23. The number of rotatable bonds is 3. The van der Waals surface area contributed by atoms with Crippen LogP contribution in [-0.2, 0) is 9.53 Å². The normalized spacial score (nSPS) is 22.7. The van der Waals surface area contributed by atoms with Crippen LogP contribution in [-0.4, -0.2) is 27.6 Å². The summed E-state index contributed by atoms with van der Waals surface area (Å²) in [6, 6.07) is 1.12. The van der Waals surface area contributed by atoms with Gasteiger partial charge in [0, 0.05) is 26.7 Å². The van der Waals surface area contributed by atoms with Gasteiger partial charge in [-0.1, -0.05) is 19.6 Å². The average Bonchev–Trinajstić information content (AvgIpc) is 2.03. The van der Waals surface area contributed by atoms with E-state index in [0.29, 0.717) is 0 Å². The molecule has 0 radical (unpaired) electrons. The summed E-state index contributed by atoms with van der Waals surface area (Å²) in [4.78, 5) is 11.1. The Bertz CT molecular complexity index is 178. The Labute approximate surface area is 81.7 Å². The van der Waals surface area contributed by atoms with Crippen molar-refractivity contribution in [2.75, 3.05) is 13.2 Å². The lowest BCUT2D eigenvalue weighted by atomic mass is 9.84. The summed E-state index contributed by atoms with van der Waals surface area (Å²) in [6.45, 7) is 8.52. The predicted octanol–water partition coefficient (Wildman–Crippen LogP) is 2.32. The molecule has 0 bridgehead atoms. The van der Waals surface area contributed by atoms with E-state index in [9.17, 15) is 4.79 Å².